The van der Waals surface area contributed by atoms with Gasteiger partial charge in [-0.25, -0.2) is 9.78 Å². The molecule has 4 heterocycles. The number of ether oxygens (including phenoxy) is 3. The van der Waals surface area contributed by atoms with Gasteiger partial charge in [-0.2, -0.15) is 0 Å². The second-order valence-electron chi connectivity index (χ2n) is 14.5. The van der Waals surface area contributed by atoms with Gasteiger partial charge < -0.3 is 34.0 Å². The maximum Gasteiger partial charge on any atom is 0.326 e. The zero-order valence-electron chi connectivity index (χ0n) is 32.0. The number of pyridine rings is 1. The number of carboxylic acid groups (broad SMARTS) is 1. The summed E-state index contributed by atoms with van der Waals surface area (Å²) >= 11 is 12.2. The maximum atomic E-state index is 14.1. The Kier molecular flexibility index (Phi) is 11.3. The molecule has 14 heteroatoms. The molecule has 0 fully saturated rings. The summed E-state index contributed by atoms with van der Waals surface area (Å²) in [6, 6.07) is 23.7. The summed E-state index contributed by atoms with van der Waals surface area (Å²) in [5, 5.41) is 13.9. The van der Waals surface area contributed by atoms with Gasteiger partial charge in [-0.1, -0.05) is 65.7 Å². The summed E-state index contributed by atoms with van der Waals surface area (Å²) in [5.41, 5.74) is 7.98. The molecule has 2 aromatic heterocycles. The Hall–Kier alpha value is -6.37. The van der Waals surface area contributed by atoms with E-state index in [1.165, 1.54) is 11.1 Å². The van der Waals surface area contributed by atoms with Crippen LogP contribution in [0.1, 0.15) is 55.7 Å². The van der Waals surface area contributed by atoms with Crippen molar-refractivity contribution in [3.8, 4) is 28.4 Å². The number of hydrogen-bond donors (Lipinski definition) is 2. The van der Waals surface area contributed by atoms with Crippen LogP contribution in [-0.2, 0) is 35.6 Å². The number of nitrogens with zero attached hydrogens (tertiary/aromatic N) is 3. The molecule has 6 aromatic rings. The lowest BCUT2D eigenvalue weighted by Crippen LogP contribution is -2.55. The molecule has 8 rings (SSSR count). The van der Waals surface area contributed by atoms with Gasteiger partial charge in [-0.3, -0.25) is 14.6 Å². The Morgan fingerprint density at radius 1 is 0.932 bits per heavy atom. The molecule has 2 aliphatic rings. The molecule has 12 nitrogen and oxygen atoms in total. The van der Waals surface area contributed by atoms with Crippen molar-refractivity contribution in [2.24, 2.45) is 0 Å². The van der Waals surface area contributed by atoms with Gasteiger partial charge in [0.05, 0.1) is 16.2 Å². The van der Waals surface area contributed by atoms with Gasteiger partial charge in [0.1, 0.15) is 31.0 Å². The van der Waals surface area contributed by atoms with Crippen LogP contribution in [0.15, 0.2) is 108 Å². The summed E-state index contributed by atoms with van der Waals surface area (Å²) in [4.78, 5) is 50.0. The highest BCUT2D eigenvalue weighted by molar-refractivity contribution is 6.42. The van der Waals surface area contributed by atoms with Gasteiger partial charge in [0, 0.05) is 31.3 Å². The number of aryl methyl sites for hydroxylation is 1. The van der Waals surface area contributed by atoms with Crippen LogP contribution in [0.3, 0.4) is 0 Å². The Bertz CT molecular complexity index is 2530. The third-order valence-electron chi connectivity index (χ3n) is 10.7. The lowest BCUT2D eigenvalue weighted by Gasteiger charge is -2.37. The first-order chi connectivity index (χ1) is 28.5. The van der Waals surface area contributed by atoms with E-state index in [9.17, 15) is 19.5 Å². The number of fused-ring (bicyclic) bond motifs is 2. The summed E-state index contributed by atoms with van der Waals surface area (Å²) in [7, 11) is 0. The number of carboxylic acids is 1. The van der Waals surface area contributed by atoms with Crippen LogP contribution in [0.5, 0.6) is 17.2 Å². The molecule has 300 valence electrons. The predicted molar refractivity (Wildman–Crippen MR) is 219 cm³/mol. The average molecular weight is 834 g/mol. The van der Waals surface area contributed by atoms with E-state index in [2.05, 4.69) is 15.3 Å². The fourth-order valence-corrected chi connectivity index (χ4v) is 7.60. The Labute approximate surface area is 349 Å². The summed E-state index contributed by atoms with van der Waals surface area (Å²) < 4.78 is 23.9. The van der Waals surface area contributed by atoms with Gasteiger partial charge in [0.15, 0.2) is 24.0 Å². The maximum absolute atomic E-state index is 14.1. The minimum Gasteiger partial charge on any atom is -0.489 e. The number of carbonyl (C=O) groups excluding carboxylic acids is 2. The van der Waals surface area contributed by atoms with E-state index in [0.29, 0.717) is 33.9 Å². The van der Waals surface area contributed by atoms with Crippen molar-refractivity contribution >= 4 is 41.0 Å². The molecule has 0 bridgehead atoms. The lowest BCUT2D eigenvalue weighted by atomic mass is 9.91. The highest BCUT2D eigenvalue weighted by Gasteiger charge is 2.39. The first kappa shape index (κ1) is 39.5. The third kappa shape index (κ3) is 8.60. The van der Waals surface area contributed by atoms with Crippen molar-refractivity contribution in [2.45, 2.75) is 58.0 Å². The number of benzene rings is 4. The topological polar surface area (TPSA) is 153 Å². The summed E-state index contributed by atoms with van der Waals surface area (Å²) in [6.45, 7) is 4.53. The molecule has 2 aliphatic heterocycles. The normalized spacial score (nSPS) is 16.2. The van der Waals surface area contributed by atoms with Gasteiger partial charge in [0.25, 0.3) is 5.91 Å². The first-order valence-corrected chi connectivity index (χ1v) is 19.6. The third-order valence-corrected chi connectivity index (χ3v) is 11.4. The molecule has 0 saturated heterocycles. The minimum absolute atomic E-state index is 0.0201. The molecule has 0 aliphatic carbocycles. The Morgan fingerprint density at radius 3 is 2.42 bits per heavy atom. The number of aliphatic carboxylic acids is 1. The predicted octanol–water partition coefficient (Wildman–Crippen LogP) is 8.13. The van der Waals surface area contributed by atoms with Crippen LogP contribution < -0.4 is 19.5 Å². The number of hydrogen-bond acceptors (Lipinski definition) is 9. The lowest BCUT2D eigenvalue weighted by molar-refractivity contribution is -0.142. The quantitative estimate of drug-likeness (QED) is 0.131. The van der Waals surface area contributed by atoms with Crippen molar-refractivity contribution in [2.75, 3.05) is 6.61 Å². The van der Waals surface area contributed by atoms with E-state index in [1.54, 1.807) is 18.3 Å². The van der Waals surface area contributed by atoms with Crippen LogP contribution in [0.2, 0.25) is 10.0 Å². The number of carbonyl (C=O) groups is 3. The zero-order chi connectivity index (χ0) is 41.2. The monoisotopic (exact) mass is 832 g/mol. The fraction of sp³-hybridized carbons (Fsp3) is 0.222. The second kappa shape index (κ2) is 16.8. The molecule has 1 unspecified atom stereocenters. The van der Waals surface area contributed by atoms with Gasteiger partial charge >= 0.3 is 5.97 Å². The van der Waals surface area contributed by atoms with Gasteiger partial charge in [-0.05, 0) is 101 Å². The smallest absolute Gasteiger partial charge is 0.326 e. The van der Waals surface area contributed by atoms with E-state index >= 15 is 0 Å². The van der Waals surface area contributed by atoms with Crippen LogP contribution >= 0.6 is 23.2 Å². The minimum atomic E-state index is -1.26. The molecular weight excluding hydrogens is 795 g/mol. The summed E-state index contributed by atoms with van der Waals surface area (Å²) in [5.74, 6) is -0.784. The Morgan fingerprint density at radius 2 is 1.69 bits per heavy atom. The average Bonchev–Trinajstić information content (AvgIpc) is 3.79. The molecule has 0 radical (unpaired) electrons. The number of halogens is 2. The Balaban J connectivity index is 0.970. The molecule has 2 N–H and O–H groups in total. The number of nitrogens with one attached hydrogen (secondary N) is 1. The molecule has 4 aromatic carbocycles. The van der Waals surface area contributed by atoms with Crippen LogP contribution in [0, 0.1) is 13.8 Å². The molecule has 3 atom stereocenters. The number of rotatable bonds is 11. The van der Waals surface area contributed by atoms with Crippen molar-refractivity contribution in [3.63, 3.8) is 0 Å². The van der Waals surface area contributed by atoms with Gasteiger partial charge in [0.2, 0.25) is 11.7 Å². The van der Waals surface area contributed by atoms with E-state index in [-0.39, 0.29) is 31.8 Å². The van der Waals surface area contributed by atoms with Crippen LogP contribution in [0.25, 0.3) is 11.1 Å². The van der Waals surface area contributed by atoms with Crippen molar-refractivity contribution in [3.05, 3.63) is 159 Å². The van der Waals surface area contributed by atoms with E-state index in [1.807, 2.05) is 86.6 Å². The van der Waals surface area contributed by atoms with Gasteiger partial charge in [-0.15, -0.1) is 0 Å². The van der Waals surface area contributed by atoms with E-state index < -0.39 is 36.0 Å². The fourth-order valence-electron chi connectivity index (χ4n) is 7.28. The zero-order valence-corrected chi connectivity index (χ0v) is 33.5. The van der Waals surface area contributed by atoms with E-state index in [0.717, 1.165) is 56.6 Å². The summed E-state index contributed by atoms with van der Waals surface area (Å²) in [6.07, 6.45) is 3.88. The molecule has 2 amide bonds. The molecular formula is C45H38Cl2N4O8. The van der Waals surface area contributed by atoms with Crippen LogP contribution in [-0.4, -0.2) is 56.4 Å². The number of aromatic nitrogens is 2. The SMILES string of the molecule is Cc1nccc(-c2ccc(CC(NC(=O)[C@@H]3Cc4cc5c(cc4CN3C(=O)c3cnco3)O[C@@H](c3ccc(OCc4ccc(Cl)c(Cl)c4)cc3)CO5)C(=O)O)cc2)c1C. The molecule has 59 heavy (non-hydrogen) atoms. The first-order valence-electron chi connectivity index (χ1n) is 18.9. The van der Waals surface area contributed by atoms with Crippen molar-refractivity contribution < 1.29 is 38.1 Å². The largest absolute Gasteiger partial charge is 0.489 e. The highest BCUT2D eigenvalue weighted by Crippen LogP contribution is 2.41. The second-order valence-corrected chi connectivity index (χ2v) is 15.3. The van der Waals surface area contributed by atoms with Crippen molar-refractivity contribution in [1.29, 1.82) is 0 Å². The standard InChI is InChI=1S/C45H38Cl2N4O8/c1-25-26(2)49-14-13-34(25)29-6-3-27(4-7-29)16-37(45(54)55)50-43(52)38-17-31-18-39-40(19-32(31)21-51(38)44(53)41-20-48-24-58-41)59-42(23-57-39)30-8-10-33(11-9-30)56-22-28-5-12-35(46)36(47)15-28/h3-15,18-20,24,37-38,42H,16-17,21-23H2,1-2H3,(H,50,52)(H,54,55)/t37?,38-,42+/m0/s1. The van der Waals surface area contributed by atoms with E-state index in [4.69, 9.17) is 41.8 Å². The number of amides is 2. The number of oxazole rings is 1. The van der Waals surface area contributed by atoms with Crippen LogP contribution in [0.4, 0.5) is 0 Å². The molecule has 0 saturated carbocycles. The molecule has 0 spiro atoms. The highest BCUT2D eigenvalue weighted by atomic mass is 35.5. The van der Waals surface area contributed by atoms with Crippen molar-refractivity contribution in [1.82, 2.24) is 20.2 Å².